The minimum absolute atomic E-state index is 0.414. The van der Waals surface area contributed by atoms with Crippen LogP contribution in [0.5, 0.6) is 0 Å². The van der Waals surface area contributed by atoms with E-state index in [-0.39, 0.29) is 0 Å². The van der Waals surface area contributed by atoms with Gasteiger partial charge >= 0.3 is 5.63 Å². The quantitative estimate of drug-likeness (QED) is 0.528. The Hall–Kier alpha value is -2.68. The summed E-state index contributed by atoms with van der Waals surface area (Å²) in [5, 5.41) is 0.870. The Morgan fingerprint density at radius 1 is 0.952 bits per heavy atom. The van der Waals surface area contributed by atoms with Crippen LogP contribution in [-0.4, -0.2) is 6.29 Å². The summed E-state index contributed by atoms with van der Waals surface area (Å²) in [6, 6.07) is 12.8. The van der Waals surface area contributed by atoms with Gasteiger partial charge in [-0.3, -0.25) is 4.79 Å². The van der Waals surface area contributed by atoms with Crippen molar-refractivity contribution in [2.75, 3.05) is 0 Å². The van der Waals surface area contributed by atoms with Gasteiger partial charge in [-0.25, -0.2) is 4.79 Å². The van der Waals surface area contributed by atoms with Crippen LogP contribution >= 0.6 is 0 Å². The highest BCUT2D eigenvalue weighted by molar-refractivity contribution is 5.98. The van der Waals surface area contributed by atoms with Gasteiger partial charge in [0.25, 0.3) is 0 Å². The third kappa shape index (κ3) is 2.27. The van der Waals surface area contributed by atoms with Crippen molar-refractivity contribution in [3.05, 3.63) is 69.6 Å². The number of carbonyl (C=O) groups excluding carboxylic acids is 1. The second-order valence-electron chi connectivity index (χ2n) is 5.12. The van der Waals surface area contributed by atoms with Crippen LogP contribution in [0.2, 0.25) is 0 Å². The van der Waals surface area contributed by atoms with Crippen molar-refractivity contribution in [3.8, 4) is 11.1 Å². The zero-order valence-electron chi connectivity index (χ0n) is 11.8. The van der Waals surface area contributed by atoms with Crippen LogP contribution in [0.25, 0.3) is 22.1 Å². The first kappa shape index (κ1) is 13.3. The smallest absolute Gasteiger partial charge is 0.336 e. The maximum atomic E-state index is 11.8. The van der Waals surface area contributed by atoms with Crippen molar-refractivity contribution in [2.24, 2.45) is 0 Å². The number of carbonyl (C=O) groups is 1. The lowest BCUT2D eigenvalue weighted by atomic mass is 9.95. The van der Waals surface area contributed by atoms with Gasteiger partial charge in [-0.15, -0.1) is 0 Å². The Kier molecular flexibility index (Phi) is 3.18. The summed E-state index contributed by atoms with van der Waals surface area (Å²) in [6.07, 6.45) is 0.757. The van der Waals surface area contributed by atoms with Gasteiger partial charge in [-0.05, 0) is 42.7 Å². The molecule has 104 valence electrons. The monoisotopic (exact) mass is 278 g/mol. The van der Waals surface area contributed by atoms with Crippen molar-refractivity contribution in [3.63, 3.8) is 0 Å². The molecule has 0 aliphatic rings. The molecule has 0 aliphatic heterocycles. The molecule has 0 fully saturated rings. The molecule has 2 aromatic carbocycles. The molecule has 0 unspecified atom stereocenters. The molecule has 0 N–H and O–H groups in total. The van der Waals surface area contributed by atoms with Crippen LogP contribution in [0.1, 0.15) is 21.5 Å². The van der Waals surface area contributed by atoms with Gasteiger partial charge in [0.15, 0.2) is 0 Å². The number of fused-ring (bicyclic) bond motifs is 1. The zero-order valence-corrected chi connectivity index (χ0v) is 11.8. The van der Waals surface area contributed by atoms with E-state index in [0.717, 1.165) is 33.9 Å². The molecular weight excluding hydrogens is 264 g/mol. The average Bonchev–Trinajstić information content (AvgIpc) is 2.46. The first-order valence-corrected chi connectivity index (χ1v) is 6.70. The second-order valence-corrected chi connectivity index (χ2v) is 5.12. The number of aldehydes is 1. The molecule has 0 atom stereocenters. The lowest BCUT2D eigenvalue weighted by Crippen LogP contribution is -2.00. The number of rotatable bonds is 2. The molecule has 3 nitrogen and oxygen atoms in total. The van der Waals surface area contributed by atoms with Gasteiger partial charge in [0.05, 0.1) is 0 Å². The van der Waals surface area contributed by atoms with Crippen molar-refractivity contribution in [1.82, 2.24) is 0 Å². The van der Waals surface area contributed by atoms with E-state index in [1.807, 2.05) is 38.1 Å². The van der Waals surface area contributed by atoms with Crippen LogP contribution in [0.15, 0.2) is 51.7 Å². The maximum absolute atomic E-state index is 11.8. The molecule has 0 spiro atoms. The number of hydrogen-bond donors (Lipinski definition) is 0. The summed E-state index contributed by atoms with van der Waals surface area (Å²) in [6.45, 7) is 3.92. The van der Waals surface area contributed by atoms with Crippen LogP contribution in [0.4, 0.5) is 0 Å². The fraction of sp³-hybridized carbons (Fsp3) is 0.111. The summed E-state index contributed by atoms with van der Waals surface area (Å²) in [4.78, 5) is 22.8. The van der Waals surface area contributed by atoms with Gasteiger partial charge in [-0.2, -0.15) is 0 Å². The summed E-state index contributed by atoms with van der Waals surface area (Å²) >= 11 is 0. The van der Waals surface area contributed by atoms with Gasteiger partial charge in [0, 0.05) is 22.6 Å². The largest absolute Gasteiger partial charge is 0.423 e. The minimum Gasteiger partial charge on any atom is -0.423 e. The highest BCUT2D eigenvalue weighted by Crippen LogP contribution is 2.32. The van der Waals surface area contributed by atoms with E-state index >= 15 is 0 Å². The van der Waals surface area contributed by atoms with Gasteiger partial charge in [-0.1, -0.05) is 24.3 Å². The lowest BCUT2D eigenvalue weighted by molar-refractivity contribution is 0.112. The number of benzene rings is 2. The molecule has 3 heteroatoms. The normalized spacial score (nSPS) is 10.8. The van der Waals surface area contributed by atoms with Crippen LogP contribution in [0.3, 0.4) is 0 Å². The van der Waals surface area contributed by atoms with Crippen molar-refractivity contribution >= 4 is 17.3 Å². The van der Waals surface area contributed by atoms with Crippen molar-refractivity contribution < 1.29 is 9.21 Å². The summed E-state index contributed by atoms with van der Waals surface area (Å²) in [7, 11) is 0. The van der Waals surface area contributed by atoms with Crippen molar-refractivity contribution in [1.29, 1.82) is 0 Å². The molecule has 0 saturated heterocycles. The first-order valence-electron chi connectivity index (χ1n) is 6.70. The van der Waals surface area contributed by atoms with Gasteiger partial charge < -0.3 is 4.42 Å². The molecule has 0 amide bonds. The Balaban J connectivity index is 2.46. The Bertz CT molecular complexity index is 904. The number of hydrogen-bond acceptors (Lipinski definition) is 3. The molecule has 0 bridgehead atoms. The molecule has 3 aromatic rings. The lowest BCUT2D eigenvalue weighted by Gasteiger charge is -2.11. The van der Waals surface area contributed by atoms with E-state index in [2.05, 4.69) is 0 Å². The van der Waals surface area contributed by atoms with E-state index in [4.69, 9.17) is 4.42 Å². The zero-order chi connectivity index (χ0) is 15.0. The van der Waals surface area contributed by atoms with Gasteiger partial charge in [0.2, 0.25) is 0 Å². The van der Waals surface area contributed by atoms with E-state index in [0.29, 0.717) is 11.1 Å². The fourth-order valence-corrected chi connectivity index (χ4v) is 2.69. The SMILES string of the molecule is Cc1ccccc1-c1cc(=O)oc2cc(C=O)cc(C)c12. The van der Waals surface area contributed by atoms with Crippen LogP contribution < -0.4 is 5.63 Å². The van der Waals surface area contributed by atoms with Gasteiger partial charge in [0.1, 0.15) is 11.9 Å². The van der Waals surface area contributed by atoms with E-state index in [1.165, 1.54) is 6.07 Å². The second kappa shape index (κ2) is 5.02. The predicted molar refractivity (Wildman–Crippen MR) is 82.8 cm³/mol. The van der Waals surface area contributed by atoms with E-state index in [1.54, 1.807) is 12.1 Å². The Morgan fingerprint density at radius 3 is 2.43 bits per heavy atom. The molecule has 1 aromatic heterocycles. The third-order valence-corrected chi connectivity index (χ3v) is 3.64. The molecule has 0 saturated carbocycles. The molecule has 3 rings (SSSR count). The van der Waals surface area contributed by atoms with Crippen LogP contribution in [0, 0.1) is 13.8 Å². The average molecular weight is 278 g/mol. The highest BCUT2D eigenvalue weighted by atomic mass is 16.4. The predicted octanol–water partition coefficient (Wildman–Crippen LogP) is 3.89. The third-order valence-electron chi connectivity index (χ3n) is 3.64. The molecule has 21 heavy (non-hydrogen) atoms. The maximum Gasteiger partial charge on any atom is 0.336 e. The summed E-state index contributed by atoms with van der Waals surface area (Å²) < 4.78 is 5.27. The summed E-state index contributed by atoms with van der Waals surface area (Å²) in [5.74, 6) is 0. The van der Waals surface area contributed by atoms with Crippen LogP contribution in [-0.2, 0) is 0 Å². The summed E-state index contributed by atoms with van der Waals surface area (Å²) in [5.41, 5.74) is 4.38. The molecule has 0 aliphatic carbocycles. The fourth-order valence-electron chi connectivity index (χ4n) is 2.69. The topological polar surface area (TPSA) is 47.3 Å². The Morgan fingerprint density at radius 2 is 1.71 bits per heavy atom. The van der Waals surface area contributed by atoms with E-state index < -0.39 is 5.63 Å². The molecule has 1 heterocycles. The van der Waals surface area contributed by atoms with Crippen molar-refractivity contribution in [2.45, 2.75) is 13.8 Å². The minimum atomic E-state index is -0.414. The first-order chi connectivity index (χ1) is 10.1. The number of aryl methyl sites for hydroxylation is 2. The standard InChI is InChI=1S/C18H14O3/c1-11-5-3-4-6-14(11)15-9-17(20)21-16-8-13(10-19)7-12(2)18(15)16/h3-10H,1-2H3. The molecule has 0 radical (unpaired) electrons. The van der Waals surface area contributed by atoms with E-state index in [9.17, 15) is 9.59 Å². The highest BCUT2D eigenvalue weighted by Gasteiger charge is 2.12. The Labute approximate surface area is 121 Å². The molecular formula is C18H14O3.